The van der Waals surface area contributed by atoms with Crippen molar-refractivity contribution in [2.45, 2.75) is 31.1 Å². The van der Waals surface area contributed by atoms with Crippen molar-refractivity contribution in [3.63, 3.8) is 0 Å². The van der Waals surface area contributed by atoms with Crippen LogP contribution in [0.3, 0.4) is 0 Å². The molecule has 1 aliphatic rings. The molecule has 1 heterocycles. The van der Waals surface area contributed by atoms with Crippen molar-refractivity contribution < 1.29 is 23.0 Å². The highest BCUT2D eigenvalue weighted by atomic mass is 32.2. The summed E-state index contributed by atoms with van der Waals surface area (Å²) in [6.45, 7) is 4.64. The van der Waals surface area contributed by atoms with Crippen LogP contribution in [-0.4, -0.2) is 39.4 Å². The number of ether oxygens (including phenoxy) is 2. The maximum Gasteiger partial charge on any atom is 0.240 e. The van der Waals surface area contributed by atoms with Gasteiger partial charge in [-0.1, -0.05) is 26.0 Å². The Hall–Kier alpha value is -0.990. The summed E-state index contributed by atoms with van der Waals surface area (Å²) in [6.07, 6.45) is -1.23. The fourth-order valence-corrected chi connectivity index (χ4v) is 3.00. The summed E-state index contributed by atoms with van der Waals surface area (Å²) in [5.74, 6) is -0.0145. The van der Waals surface area contributed by atoms with Crippen LogP contribution in [0.4, 0.5) is 0 Å². The van der Waals surface area contributed by atoms with E-state index in [0.717, 1.165) is 0 Å². The van der Waals surface area contributed by atoms with E-state index < -0.39 is 22.4 Å². The van der Waals surface area contributed by atoms with E-state index >= 15 is 0 Å². The molecule has 1 aromatic carbocycles. The number of hydrogen-bond donors (Lipinski definition) is 2. The summed E-state index contributed by atoms with van der Waals surface area (Å²) < 4.78 is 37.6. The summed E-state index contributed by atoms with van der Waals surface area (Å²) >= 11 is 0. The smallest absolute Gasteiger partial charge is 0.240 e. The predicted octanol–water partition coefficient (Wildman–Crippen LogP) is 1.03. The Bertz CT molecular complexity index is 566. The minimum absolute atomic E-state index is 0.0132. The van der Waals surface area contributed by atoms with E-state index in [-0.39, 0.29) is 17.4 Å². The van der Waals surface area contributed by atoms with E-state index in [1.54, 1.807) is 12.1 Å². The Balaban J connectivity index is 2.10. The van der Waals surface area contributed by atoms with Crippen molar-refractivity contribution in [3.05, 3.63) is 29.8 Å². The van der Waals surface area contributed by atoms with Crippen LogP contribution in [0.5, 0.6) is 0 Å². The lowest BCUT2D eigenvalue weighted by Gasteiger charge is -2.16. The molecule has 0 amide bonds. The highest BCUT2D eigenvalue weighted by Crippen LogP contribution is 2.25. The van der Waals surface area contributed by atoms with Gasteiger partial charge in [0.1, 0.15) is 0 Å². The quantitative estimate of drug-likeness (QED) is 0.819. The highest BCUT2D eigenvalue weighted by molar-refractivity contribution is 7.89. The van der Waals surface area contributed by atoms with Gasteiger partial charge in [-0.3, -0.25) is 0 Å². The highest BCUT2D eigenvalue weighted by Gasteiger charge is 2.22. The fourth-order valence-electron chi connectivity index (χ4n) is 1.89. The molecule has 1 fully saturated rings. The molecule has 0 radical (unpaired) electrons. The van der Waals surface area contributed by atoms with Gasteiger partial charge in [-0.25, -0.2) is 13.1 Å². The van der Waals surface area contributed by atoms with Gasteiger partial charge in [0.15, 0.2) is 6.29 Å². The van der Waals surface area contributed by atoms with Crippen molar-refractivity contribution >= 4 is 10.0 Å². The zero-order valence-electron chi connectivity index (χ0n) is 12.2. The molecule has 0 aliphatic carbocycles. The third-order valence-corrected chi connectivity index (χ3v) is 4.74. The summed E-state index contributed by atoms with van der Waals surface area (Å²) in [7, 11) is -3.66. The normalized spacial score (nSPS) is 18.3. The van der Waals surface area contributed by atoms with Crippen molar-refractivity contribution in [3.8, 4) is 0 Å². The van der Waals surface area contributed by atoms with Crippen LogP contribution in [0.1, 0.15) is 25.7 Å². The van der Waals surface area contributed by atoms with Gasteiger partial charge in [0, 0.05) is 12.1 Å². The number of rotatable bonds is 6. The van der Waals surface area contributed by atoms with E-state index in [4.69, 9.17) is 9.47 Å². The lowest BCUT2D eigenvalue weighted by atomic mass is 10.1. The first-order chi connectivity index (χ1) is 9.90. The van der Waals surface area contributed by atoms with Gasteiger partial charge in [0.2, 0.25) is 10.0 Å². The van der Waals surface area contributed by atoms with Crippen LogP contribution in [-0.2, 0) is 19.5 Å². The van der Waals surface area contributed by atoms with E-state index in [0.29, 0.717) is 18.8 Å². The van der Waals surface area contributed by atoms with Crippen LogP contribution in [0.25, 0.3) is 0 Å². The summed E-state index contributed by atoms with van der Waals surface area (Å²) in [5, 5.41) is 9.70. The van der Waals surface area contributed by atoms with Crippen molar-refractivity contribution in [1.29, 1.82) is 0 Å². The van der Waals surface area contributed by atoms with Crippen molar-refractivity contribution in [2.24, 2.45) is 5.92 Å². The number of aliphatic hydroxyl groups is 1. The van der Waals surface area contributed by atoms with Gasteiger partial charge >= 0.3 is 0 Å². The number of nitrogens with one attached hydrogen (secondary N) is 1. The van der Waals surface area contributed by atoms with Crippen LogP contribution in [0, 0.1) is 5.92 Å². The average molecular weight is 315 g/mol. The molecule has 1 unspecified atom stereocenters. The first-order valence-corrected chi connectivity index (χ1v) is 8.39. The zero-order valence-corrected chi connectivity index (χ0v) is 13.0. The standard InChI is InChI=1S/C14H21NO5S/c1-10(2)13(16)9-15-21(17,18)12-5-3-4-11(8-12)14-19-6-7-20-14/h3-5,8,10,13-16H,6-7,9H2,1-2H3. The Morgan fingerprint density at radius 1 is 1.33 bits per heavy atom. The summed E-state index contributed by atoms with van der Waals surface area (Å²) in [5.41, 5.74) is 0.666. The number of sulfonamides is 1. The molecule has 118 valence electrons. The van der Waals surface area contributed by atoms with Gasteiger partial charge in [-0.2, -0.15) is 0 Å². The minimum atomic E-state index is -3.66. The molecule has 1 aromatic rings. The maximum atomic E-state index is 12.2. The lowest BCUT2D eigenvalue weighted by Crippen LogP contribution is -2.34. The molecule has 0 aromatic heterocycles. The molecule has 7 heteroatoms. The molecule has 0 spiro atoms. The molecule has 1 aliphatic heterocycles. The van der Waals surface area contributed by atoms with Crippen LogP contribution >= 0.6 is 0 Å². The molecule has 0 saturated carbocycles. The van der Waals surface area contributed by atoms with Gasteiger partial charge in [0.05, 0.1) is 24.2 Å². The Morgan fingerprint density at radius 2 is 2.00 bits per heavy atom. The van der Waals surface area contributed by atoms with E-state index in [9.17, 15) is 13.5 Å². The van der Waals surface area contributed by atoms with Crippen LogP contribution in [0.15, 0.2) is 29.2 Å². The van der Waals surface area contributed by atoms with Gasteiger partial charge in [-0.15, -0.1) is 0 Å². The second kappa shape index (κ2) is 6.85. The molecule has 1 saturated heterocycles. The first-order valence-electron chi connectivity index (χ1n) is 6.91. The molecular weight excluding hydrogens is 294 g/mol. The number of hydrogen-bond acceptors (Lipinski definition) is 5. The zero-order chi connectivity index (χ0) is 15.5. The molecule has 2 rings (SSSR count). The van der Waals surface area contributed by atoms with E-state index in [1.165, 1.54) is 12.1 Å². The molecule has 0 bridgehead atoms. The largest absolute Gasteiger partial charge is 0.391 e. The third-order valence-electron chi connectivity index (χ3n) is 3.31. The molecule has 2 N–H and O–H groups in total. The average Bonchev–Trinajstić information content (AvgIpc) is 2.99. The lowest BCUT2D eigenvalue weighted by molar-refractivity contribution is -0.0442. The Morgan fingerprint density at radius 3 is 2.62 bits per heavy atom. The molecule has 6 nitrogen and oxygen atoms in total. The first kappa shape index (κ1) is 16.4. The summed E-state index contributed by atoms with van der Waals surface area (Å²) in [4.78, 5) is 0.134. The van der Waals surface area contributed by atoms with Gasteiger partial charge in [0.25, 0.3) is 0 Å². The second-order valence-electron chi connectivity index (χ2n) is 5.31. The molecular formula is C14H21NO5S. The minimum Gasteiger partial charge on any atom is -0.391 e. The Kier molecular flexibility index (Phi) is 5.34. The van der Waals surface area contributed by atoms with Crippen LogP contribution in [0.2, 0.25) is 0 Å². The maximum absolute atomic E-state index is 12.2. The Labute approximate surface area is 125 Å². The number of benzene rings is 1. The van der Waals surface area contributed by atoms with Crippen molar-refractivity contribution in [2.75, 3.05) is 19.8 Å². The van der Waals surface area contributed by atoms with Gasteiger partial charge in [-0.05, 0) is 18.1 Å². The SMILES string of the molecule is CC(C)C(O)CNS(=O)(=O)c1cccc(C2OCCO2)c1. The fraction of sp³-hybridized carbons (Fsp3) is 0.571. The summed E-state index contributed by atoms with van der Waals surface area (Å²) in [6, 6.07) is 6.44. The van der Waals surface area contributed by atoms with E-state index in [1.807, 2.05) is 13.8 Å². The third kappa shape index (κ3) is 4.24. The monoisotopic (exact) mass is 315 g/mol. The number of aliphatic hydroxyl groups excluding tert-OH is 1. The predicted molar refractivity (Wildman–Crippen MR) is 77.1 cm³/mol. The van der Waals surface area contributed by atoms with E-state index in [2.05, 4.69) is 4.72 Å². The molecule has 21 heavy (non-hydrogen) atoms. The molecule has 1 atom stereocenters. The van der Waals surface area contributed by atoms with Gasteiger partial charge < -0.3 is 14.6 Å². The van der Waals surface area contributed by atoms with Crippen LogP contribution < -0.4 is 4.72 Å². The van der Waals surface area contributed by atoms with Crippen molar-refractivity contribution in [1.82, 2.24) is 4.72 Å². The topological polar surface area (TPSA) is 84.9 Å². The second-order valence-corrected chi connectivity index (χ2v) is 7.08.